The number of nitrogens with zero attached hydrogens (tertiary/aromatic N) is 3. The van der Waals surface area contributed by atoms with E-state index in [9.17, 15) is 9.59 Å². The predicted octanol–water partition coefficient (Wildman–Crippen LogP) is 1.93. The Balaban J connectivity index is 1.47. The van der Waals surface area contributed by atoms with Crippen LogP contribution in [0, 0.1) is 19.8 Å². The molecule has 0 aromatic carbocycles. The van der Waals surface area contributed by atoms with Crippen LogP contribution < -0.4 is 5.32 Å². The van der Waals surface area contributed by atoms with E-state index >= 15 is 0 Å². The first-order chi connectivity index (χ1) is 12.5. The molecule has 0 unspecified atom stereocenters. The normalized spacial score (nSPS) is 16.9. The quantitative estimate of drug-likeness (QED) is 0.908. The van der Waals surface area contributed by atoms with Gasteiger partial charge in [-0.25, -0.2) is 0 Å². The van der Waals surface area contributed by atoms with Gasteiger partial charge in [0.2, 0.25) is 0 Å². The topological polar surface area (TPSA) is 80.4 Å². The molecule has 7 nitrogen and oxygen atoms in total. The number of carbonyl (C=O) groups excluding carboxylic acids is 2. The molecule has 2 aliphatic rings. The summed E-state index contributed by atoms with van der Waals surface area (Å²) < 4.78 is 7.18. The Kier molecular flexibility index (Phi) is 4.30. The van der Waals surface area contributed by atoms with Gasteiger partial charge in [-0.1, -0.05) is 5.16 Å². The van der Waals surface area contributed by atoms with Crippen LogP contribution in [0.15, 0.2) is 16.7 Å². The van der Waals surface area contributed by atoms with Crippen molar-refractivity contribution < 1.29 is 14.1 Å². The molecule has 138 valence electrons. The van der Waals surface area contributed by atoms with Gasteiger partial charge in [0, 0.05) is 38.3 Å². The minimum absolute atomic E-state index is 0.0198. The molecule has 7 heteroatoms. The Morgan fingerprint density at radius 2 is 2.04 bits per heavy atom. The van der Waals surface area contributed by atoms with Crippen LogP contribution in [-0.2, 0) is 13.0 Å². The number of aromatic nitrogens is 2. The van der Waals surface area contributed by atoms with Gasteiger partial charge in [-0.05, 0) is 44.7 Å². The molecule has 1 N–H and O–H groups in total. The van der Waals surface area contributed by atoms with Crippen molar-refractivity contribution in [3.63, 3.8) is 0 Å². The Morgan fingerprint density at radius 3 is 2.73 bits per heavy atom. The third kappa shape index (κ3) is 3.13. The van der Waals surface area contributed by atoms with Crippen molar-refractivity contribution in [2.75, 3.05) is 19.6 Å². The highest BCUT2D eigenvalue weighted by atomic mass is 16.5. The first-order valence-corrected chi connectivity index (χ1v) is 9.23. The number of rotatable bonds is 4. The molecular formula is C19H24N4O3. The van der Waals surface area contributed by atoms with Crippen LogP contribution in [-0.4, -0.2) is 46.1 Å². The van der Waals surface area contributed by atoms with Crippen molar-refractivity contribution >= 4 is 11.8 Å². The van der Waals surface area contributed by atoms with Crippen LogP contribution in [0.5, 0.6) is 0 Å². The van der Waals surface area contributed by atoms with Gasteiger partial charge in [-0.2, -0.15) is 0 Å². The number of hydrogen-bond acceptors (Lipinski definition) is 4. The average molecular weight is 356 g/mol. The van der Waals surface area contributed by atoms with Crippen LogP contribution in [0.1, 0.15) is 50.8 Å². The molecular weight excluding hydrogens is 332 g/mol. The van der Waals surface area contributed by atoms with Gasteiger partial charge in [0.05, 0.1) is 5.69 Å². The molecule has 1 fully saturated rings. The second kappa shape index (κ2) is 6.63. The number of fused-ring (bicyclic) bond motifs is 1. The molecule has 1 saturated carbocycles. The predicted molar refractivity (Wildman–Crippen MR) is 95.1 cm³/mol. The van der Waals surface area contributed by atoms with Crippen LogP contribution in [0.2, 0.25) is 0 Å². The second-order valence-electron chi connectivity index (χ2n) is 7.26. The molecule has 2 aromatic rings. The lowest BCUT2D eigenvalue weighted by Gasteiger charge is -2.20. The van der Waals surface area contributed by atoms with E-state index in [1.807, 2.05) is 21.6 Å². The molecule has 0 atom stereocenters. The van der Waals surface area contributed by atoms with E-state index in [0.29, 0.717) is 48.3 Å². The Hall–Kier alpha value is -2.57. The first-order valence-electron chi connectivity index (χ1n) is 9.23. The van der Waals surface area contributed by atoms with Crippen LogP contribution in [0.3, 0.4) is 0 Å². The van der Waals surface area contributed by atoms with Gasteiger partial charge in [-0.3, -0.25) is 9.59 Å². The molecule has 0 radical (unpaired) electrons. The van der Waals surface area contributed by atoms with E-state index in [0.717, 1.165) is 18.7 Å². The Labute approximate surface area is 152 Å². The fourth-order valence-electron chi connectivity index (χ4n) is 3.57. The van der Waals surface area contributed by atoms with Crippen LogP contribution in [0.25, 0.3) is 0 Å². The molecule has 2 aromatic heterocycles. The summed E-state index contributed by atoms with van der Waals surface area (Å²) in [5.41, 5.74) is 2.96. The number of amides is 2. The number of hydrogen-bond donors (Lipinski definition) is 1. The summed E-state index contributed by atoms with van der Waals surface area (Å²) in [6.07, 6.45) is 3.15. The van der Waals surface area contributed by atoms with Crippen molar-refractivity contribution in [3.05, 3.63) is 40.5 Å². The van der Waals surface area contributed by atoms with E-state index in [1.54, 1.807) is 13.8 Å². The molecule has 3 heterocycles. The second-order valence-corrected chi connectivity index (χ2v) is 7.26. The Morgan fingerprint density at radius 1 is 1.23 bits per heavy atom. The lowest BCUT2D eigenvalue weighted by atomic mass is 10.1. The van der Waals surface area contributed by atoms with E-state index < -0.39 is 0 Å². The third-order valence-corrected chi connectivity index (χ3v) is 5.32. The molecule has 0 spiro atoms. The van der Waals surface area contributed by atoms with Gasteiger partial charge in [0.25, 0.3) is 11.8 Å². The summed E-state index contributed by atoms with van der Waals surface area (Å²) in [7, 11) is 0. The highest BCUT2D eigenvalue weighted by molar-refractivity contribution is 5.96. The molecule has 1 aliphatic carbocycles. The largest absolute Gasteiger partial charge is 0.361 e. The standard InChI is InChI=1S/C19H24N4O3/c1-12-17(13(2)26-21-12)19(25)22-8-7-15-5-6-16(23(15)10-9-22)18(24)20-11-14-3-4-14/h5-6,14H,3-4,7-11H2,1-2H3,(H,20,24). The fraction of sp³-hybridized carbons (Fsp3) is 0.526. The highest BCUT2D eigenvalue weighted by Crippen LogP contribution is 2.27. The highest BCUT2D eigenvalue weighted by Gasteiger charge is 2.27. The summed E-state index contributed by atoms with van der Waals surface area (Å²) in [6.45, 7) is 6.10. The lowest BCUT2D eigenvalue weighted by Crippen LogP contribution is -2.34. The fourth-order valence-corrected chi connectivity index (χ4v) is 3.57. The molecule has 26 heavy (non-hydrogen) atoms. The minimum atomic E-state index is -0.0493. The van der Waals surface area contributed by atoms with Crippen molar-refractivity contribution in [3.8, 4) is 0 Å². The van der Waals surface area contributed by atoms with Crippen LogP contribution >= 0.6 is 0 Å². The zero-order valence-electron chi connectivity index (χ0n) is 15.2. The maximum atomic E-state index is 12.9. The van der Waals surface area contributed by atoms with Crippen molar-refractivity contribution in [2.24, 2.45) is 5.92 Å². The average Bonchev–Trinajstić information content (AvgIpc) is 3.33. The maximum absolute atomic E-state index is 12.9. The van der Waals surface area contributed by atoms with E-state index in [4.69, 9.17) is 4.52 Å². The molecule has 0 bridgehead atoms. The zero-order valence-corrected chi connectivity index (χ0v) is 15.2. The van der Waals surface area contributed by atoms with E-state index in [-0.39, 0.29) is 11.8 Å². The van der Waals surface area contributed by atoms with Crippen molar-refractivity contribution in [1.29, 1.82) is 0 Å². The minimum Gasteiger partial charge on any atom is -0.361 e. The zero-order chi connectivity index (χ0) is 18.3. The summed E-state index contributed by atoms with van der Waals surface area (Å²) in [5, 5.41) is 6.91. The molecule has 0 saturated heterocycles. The van der Waals surface area contributed by atoms with E-state index in [2.05, 4.69) is 10.5 Å². The van der Waals surface area contributed by atoms with Crippen molar-refractivity contribution in [2.45, 2.75) is 39.7 Å². The first kappa shape index (κ1) is 16.9. The van der Waals surface area contributed by atoms with Crippen LogP contribution in [0.4, 0.5) is 0 Å². The smallest absolute Gasteiger partial charge is 0.267 e. The van der Waals surface area contributed by atoms with Gasteiger partial charge < -0.3 is 19.3 Å². The van der Waals surface area contributed by atoms with Gasteiger partial charge >= 0.3 is 0 Å². The summed E-state index contributed by atoms with van der Waals surface area (Å²) in [6, 6.07) is 3.89. The van der Waals surface area contributed by atoms with Gasteiger partial charge in [-0.15, -0.1) is 0 Å². The maximum Gasteiger partial charge on any atom is 0.267 e. The summed E-state index contributed by atoms with van der Waals surface area (Å²) in [5.74, 6) is 1.14. The lowest BCUT2D eigenvalue weighted by molar-refractivity contribution is 0.0756. The summed E-state index contributed by atoms with van der Waals surface area (Å²) in [4.78, 5) is 27.2. The summed E-state index contributed by atoms with van der Waals surface area (Å²) >= 11 is 0. The number of nitrogens with one attached hydrogen (secondary N) is 1. The molecule has 1 aliphatic heterocycles. The van der Waals surface area contributed by atoms with Gasteiger partial charge in [0.1, 0.15) is 17.0 Å². The van der Waals surface area contributed by atoms with Crippen molar-refractivity contribution in [1.82, 2.24) is 19.9 Å². The van der Waals surface area contributed by atoms with Gasteiger partial charge in [0.15, 0.2) is 0 Å². The van der Waals surface area contributed by atoms with E-state index in [1.165, 1.54) is 12.8 Å². The third-order valence-electron chi connectivity index (χ3n) is 5.32. The molecule has 4 rings (SSSR count). The Bertz CT molecular complexity index is 828. The molecule has 2 amide bonds. The number of aryl methyl sites for hydroxylation is 2. The number of carbonyl (C=O) groups is 2. The SMILES string of the molecule is Cc1noc(C)c1C(=O)N1CCc2ccc(C(=O)NCC3CC3)n2CC1. The monoisotopic (exact) mass is 356 g/mol.